The number of allylic oxidation sites excluding steroid dienone is 1. The van der Waals surface area contributed by atoms with E-state index in [0.717, 1.165) is 0 Å². The molecule has 0 radical (unpaired) electrons. The lowest BCUT2D eigenvalue weighted by atomic mass is 10.4. The molecule has 0 amide bonds. The standard InChI is InChI=1S/C7H12O4/c1-2-3-7(10)11-5-6(9)4-8/h2-3,6,8-9H,4-5H2,1H3. The third kappa shape index (κ3) is 5.57. The first kappa shape index (κ1) is 10.1. The molecule has 0 aromatic heterocycles. The molecular formula is C7H12O4. The number of aliphatic hydroxyl groups is 2. The normalized spacial score (nSPS) is 13.4. The van der Waals surface area contributed by atoms with Crippen LogP contribution in [0.25, 0.3) is 0 Å². The largest absolute Gasteiger partial charge is 0.460 e. The fourth-order valence-corrected chi connectivity index (χ4v) is 0.415. The Bertz CT molecular complexity index is 141. The molecule has 0 spiro atoms. The van der Waals surface area contributed by atoms with E-state index in [0.29, 0.717) is 0 Å². The summed E-state index contributed by atoms with van der Waals surface area (Å²) in [6.45, 7) is 1.12. The highest BCUT2D eigenvalue weighted by Gasteiger charge is 2.03. The van der Waals surface area contributed by atoms with Crippen molar-refractivity contribution in [2.45, 2.75) is 13.0 Å². The number of carbonyl (C=O) groups is 1. The summed E-state index contributed by atoms with van der Waals surface area (Å²) < 4.78 is 4.50. The number of ether oxygens (including phenoxy) is 1. The Morgan fingerprint density at radius 1 is 1.73 bits per heavy atom. The first-order valence-corrected chi connectivity index (χ1v) is 3.29. The molecule has 4 heteroatoms. The van der Waals surface area contributed by atoms with Gasteiger partial charge in [-0.1, -0.05) is 6.08 Å². The third-order valence-electron chi connectivity index (χ3n) is 0.931. The van der Waals surface area contributed by atoms with Gasteiger partial charge in [-0.05, 0) is 6.92 Å². The molecule has 1 atom stereocenters. The third-order valence-corrected chi connectivity index (χ3v) is 0.931. The quantitative estimate of drug-likeness (QED) is 0.428. The van der Waals surface area contributed by atoms with Crippen LogP contribution in [0.1, 0.15) is 6.92 Å². The van der Waals surface area contributed by atoms with Crippen molar-refractivity contribution in [2.24, 2.45) is 0 Å². The molecule has 0 aliphatic carbocycles. The second-order valence-electron chi connectivity index (χ2n) is 1.97. The van der Waals surface area contributed by atoms with Gasteiger partial charge in [0.15, 0.2) is 0 Å². The van der Waals surface area contributed by atoms with E-state index < -0.39 is 18.7 Å². The second kappa shape index (κ2) is 5.88. The Morgan fingerprint density at radius 2 is 2.36 bits per heavy atom. The summed E-state index contributed by atoms with van der Waals surface area (Å²) in [5.74, 6) is -0.514. The van der Waals surface area contributed by atoms with Gasteiger partial charge in [0, 0.05) is 6.08 Å². The van der Waals surface area contributed by atoms with Gasteiger partial charge in [-0.25, -0.2) is 4.79 Å². The van der Waals surface area contributed by atoms with Crippen LogP contribution in [0.5, 0.6) is 0 Å². The van der Waals surface area contributed by atoms with Gasteiger partial charge in [0.05, 0.1) is 6.61 Å². The molecule has 1 unspecified atom stereocenters. The zero-order valence-corrected chi connectivity index (χ0v) is 6.36. The van der Waals surface area contributed by atoms with E-state index in [1.54, 1.807) is 6.92 Å². The van der Waals surface area contributed by atoms with Crippen LogP contribution in [0.15, 0.2) is 12.2 Å². The Labute approximate surface area is 65.1 Å². The maximum absolute atomic E-state index is 10.6. The number of esters is 1. The van der Waals surface area contributed by atoms with E-state index in [4.69, 9.17) is 10.2 Å². The Balaban J connectivity index is 3.45. The number of carbonyl (C=O) groups excluding carboxylic acids is 1. The summed E-state index contributed by atoms with van der Waals surface area (Å²) in [4.78, 5) is 10.6. The predicted molar refractivity (Wildman–Crippen MR) is 38.9 cm³/mol. The number of hydrogen-bond donors (Lipinski definition) is 2. The summed E-state index contributed by atoms with van der Waals surface area (Å²) in [6, 6.07) is 0. The maximum atomic E-state index is 10.6. The average molecular weight is 160 g/mol. The molecule has 0 aliphatic heterocycles. The zero-order valence-electron chi connectivity index (χ0n) is 6.36. The van der Waals surface area contributed by atoms with Gasteiger partial charge in [0.25, 0.3) is 0 Å². The number of rotatable bonds is 4. The molecule has 0 saturated heterocycles. The van der Waals surface area contributed by atoms with Crippen LogP contribution in [-0.4, -0.2) is 35.5 Å². The first-order chi connectivity index (χ1) is 5.20. The Hall–Kier alpha value is -0.870. The number of hydrogen-bond acceptors (Lipinski definition) is 4. The summed E-state index contributed by atoms with van der Waals surface area (Å²) in [5, 5.41) is 17.0. The van der Waals surface area contributed by atoms with E-state index in [9.17, 15) is 4.79 Å². The summed E-state index contributed by atoms with van der Waals surface area (Å²) in [6.07, 6.45) is 1.79. The van der Waals surface area contributed by atoms with Gasteiger partial charge in [-0.2, -0.15) is 0 Å². The minimum absolute atomic E-state index is 0.167. The van der Waals surface area contributed by atoms with E-state index in [2.05, 4.69) is 4.74 Å². The highest BCUT2D eigenvalue weighted by molar-refractivity contribution is 5.81. The molecule has 0 fully saturated rings. The molecule has 0 heterocycles. The Morgan fingerprint density at radius 3 is 2.82 bits per heavy atom. The van der Waals surface area contributed by atoms with Crippen LogP contribution >= 0.6 is 0 Å². The molecule has 0 rings (SSSR count). The molecule has 2 N–H and O–H groups in total. The zero-order chi connectivity index (χ0) is 8.69. The first-order valence-electron chi connectivity index (χ1n) is 3.29. The van der Waals surface area contributed by atoms with Crippen molar-refractivity contribution in [2.75, 3.05) is 13.2 Å². The van der Waals surface area contributed by atoms with E-state index in [1.807, 2.05) is 0 Å². The van der Waals surface area contributed by atoms with Crippen molar-refractivity contribution in [3.05, 3.63) is 12.2 Å². The minimum Gasteiger partial charge on any atom is -0.460 e. The van der Waals surface area contributed by atoms with Crippen LogP contribution in [0, 0.1) is 0 Å². The molecule has 0 aromatic rings. The van der Waals surface area contributed by atoms with Gasteiger partial charge in [0.1, 0.15) is 12.7 Å². The molecule has 0 bridgehead atoms. The summed E-state index contributed by atoms with van der Waals surface area (Å²) >= 11 is 0. The van der Waals surface area contributed by atoms with Crippen molar-refractivity contribution in [3.8, 4) is 0 Å². The van der Waals surface area contributed by atoms with E-state index >= 15 is 0 Å². The lowest BCUT2D eigenvalue weighted by Crippen LogP contribution is -2.21. The highest BCUT2D eigenvalue weighted by Crippen LogP contribution is 1.86. The fourth-order valence-electron chi connectivity index (χ4n) is 0.415. The molecule has 64 valence electrons. The predicted octanol–water partition coefficient (Wildman–Crippen LogP) is -0.541. The monoisotopic (exact) mass is 160 g/mol. The van der Waals surface area contributed by atoms with Crippen LogP contribution in [0.4, 0.5) is 0 Å². The molecule has 11 heavy (non-hydrogen) atoms. The van der Waals surface area contributed by atoms with Crippen molar-refractivity contribution in [3.63, 3.8) is 0 Å². The van der Waals surface area contributed by atoms with Crippen molar-refractivity contribution >= 4 is 5.97 Å². The molecule has 0 aliphatic rings. The highest BCUT2D eigenvalue weighted by atomic mass is 16.5. The van der Waals surface area contributed by atoms with Gasteiger partial charge in [-0.15, -0.1) is 0 Å². The van der Waals surface area contributed by atoms with E-state index in [1.165, 1.54) is 12.2 Å². The van der Waals surface area contributed by atoms with Gasteiger partial charge < -0.3 is 14.9 Å². The SMILES string of the molecule is CC=CC(=O)OCC(O)CO. The smallest absolute Gasteiger partial charge is 0.330 e. The second-order valence-corrected chi connectivity index (χ2v) is 1.97. The minimum atomic E-state index is -0.982. The van der Waals surface area contributed by atoms with Crippen LogP contribution in [0.3, 0.4) is 0 Å². The summed E-state index contributed by atoms with van der Waals surface area (Å²) in [7, 11) is 0. The topological polar surface area (TPSA) is 66.8 Å². The maximum Gasteiger partial charge on any atom is 0.330 e. The lowest BCUT2D eigenvalue weighted by Gasteiger charge is -2.05. The van der Waals surface area contributed by atoms with Crippen molar-refractivity contribution in [1.29, 1.82) is 0 Å². The van der Waals surface area contributed by atoms with Crippen molar-refractivity contribution < 1.29 is 19.7 Å². The van der Waals surface area contributed by atoms with Gasteiger partial charge in [0.2, 0.25) is 0 Å². The lowest BCUT2D eigenvalue weighted by molar-refractivity contribution is -0.141. The average Bonchev–Trinajstić information content (AvgIpc) is 2.01. The van der Waals surface area contributed by atoms with Gasteiger partial charge >= 0.3 is 5.97 Å². The Kier molecular flexibility index (Phi) is 5.42. The molecular weight excluding hydrogens is 148 g/mol. The number of aliphatic hydroxyl groups excluding tert-OH is 2. The molecule has 0 aromatic carbocycles. The van der Waals surface area contributed by atoms with Crippen LogP contribution in [0.2, 0.25) is 0 Å². The van der Waals surface area contributed by atoms with Crippen molar-refractivity contribution in [1.82, 2.24) is 0 Å². The molecule has 4 nitrogen and oxygen atoms in total. The van der Waals surface area contributed by atoms with E-state index in [-0.39, 0.29) is 6.61 Å². The molecule has 0 saturated carbocycles. The summed E-state index contributed by atoms with van der Waals surface area (Å²) in [5.41, 5.74) is 0. The van der Waals surface area contributed by atoms with Crippen LogP contribution in [-0.2, 0) is 9.53 Å². The van der Waals surface area contributed by atoms with Gasteiger partial charge in [-0.3, -0.25) is 0 Å². The fraction of sp³-hybridized carbons (Fsp3) is 0.571. The van der Waals surface area contributed by atoms with Crippen LogP contribution < -0.4 is 0 Å².